The Morgan fingerprint density at radius 2 is 1.41 bits per heavy atom. The number of nitrogens with two attached hydrogens (primary N) is 1. The summed E-state index contributed by atoms with van der Waals surface area (Å²) in [4.78, 5) is 29.3. The zero-order valence-corrected chi connectivity index (χ0v) is 16.3. The van der Waals surface area contributed by atoms with E-state index in [9.17, 15) is 4.79 Å². The van der Waals surface area contributed by atoms with E-state index in [2.05, 4.69) is 22.1 Å². The summed E-state index contributed by atoms with van der Waals surface area (Å²) < 4.78 is 0. The van der Waals surface area contributed by atoms with E-state index >= 15 is 0 Å². The van der Waals surface area contributed by atoms with Crippen LogP contribution in [0.2, 0.25) is 0 Å². The molecule has 0 spiro atoms. The van der Waals surface area contributed by atoms with Crippen molar-refractivity contribution >= 4 is 27.9 Å². The van der Waals surface area contributed by atoms with E-state index in [0.29, 0.717) is 5.56 Å². The summed E-state index contributed by atoms with van der Waals surface area (Å²) >= 11 is 0. The van der Waals surface area contributed by atoms with Gasteiger partial charge in [-0.15, -0.1) is 0 Å². The van der Waals surface area contributed by atoms with Crippen LogP contribution in [0.25, 0.3) is 22.1 Å². The second kappa shape index (κ2) is 6.97. The lowest BCUT2D eigenvalue weighted by atomic mass is 10.0. The van der Waals surface area contributed by atoms with Crippen LogP contribution >= 0.6 is 0 Å². The molecule has 0 radical (unpaired) electrons. The number of carbonyl (C=O) groups excluding carboxylic acids is 1. The van der Waals surface area contributed by atoms with Crippen molar-refractivity contribution in [2.75, 3.05) is 0 Å². The third kappa shape index (κ3) is 3.47. The fraction of sp³-hybridized carbons (Fsp3) is 0.261. The molecule has 0 saturated heterocycles. The molecule has 8 bridgehead atoms. The Balaban J connectivity index is 1.85. The van der Waals surface area contributed by atoms with Gasteiger partial charge in [0.05, 0.1) is 22.8 Å². The highest BCUT2D eigenvalue weighted by Gasteiger charge is 2.21. The summed E-state index contributed by atoms with van der Waals surface area (Å²) in [6.07, 6.45) is 3.35. The van der Waals surface area contributed by atoms with Crippen molar-refractivity contribution in [2.45, 2.75) is 38.6 Å². The van der Waals surface area contributed by atoms with E-state index in [1.54, 1.807) is 6.92 Å². The van der Waals surface area contributed by atoms with Crippen LogP contribution in [0.4, 0.5) is 0 Å². The molecule has 4 N–H and O–H groups in total. The molecule has 3 aromatic rings. The van der Waals surface area contributed by atoms with E-state index in [0.717, 1.165) is 70.5 Å². The zero-order valence-electron chi connectivity index (χ0n) is 16.3. The maximum atomic E-state index is 12.9. The third-order valence-corrected chi connectivity index (χ3v) is 5.44. The number of hydrogen-bond donors (Lipinski definition) is 3. The summed E-state index contributed by atoms with van der Waals surface area (Å²) in [6.45, 7) is 1.72. The SMILES string of the molecule is C[C@H](N)C(=O)c1c2nc(cc3ccc(cc4nc(cc5ccc1[nH]5)CC4)[nH]3)CC2. The van der Waals surface area contributed by atoms with Gasteiger partial charge in [-0.1, -0.05) is 0 Å². The minimum atomic E-state index is -0.583. The fourth-order valence-corrected chi connectivity index (χ4v) is 4.01. The molecule has 29 heavy (non-hydrogen) atoms. The molecule has 2 aliphatic rings. The monoisotopic (exact) mass is 385 g/mol. The largest absolute Gasteiger partial charge is 0.355 e. The second-order valence-corrected chi connectivity index (χ2v) is 7.80. The molecule has 1 atom stereocenters. The van der Waals surface area contributed by atoms with Crippen LogP contribution < -0.4 is 5.73 Å². The number of carbonyl (C=O) groups is 1. The van der Waals surface area contributed by atoms with E-state index in [4.69, 9.17) is 15.7 Å². The van der Waals surface area contributed by atoms with E-state index in [1.807, 2.05) is 30.3 Å². The Kier molecular flexibility index (Phi) is 4.28. The van der Waals surface area contributed by atoms with Gasteiger partial charge in [0.15, 0.2) is 5.78 Å². The quantitative estimate of drug-likeness (QED) is 0.589. The number of nitrogens with zero attached hydrogens (tertiary/aromatic N) is 2. The lowest BCUT2D eigenvalue weighted by Crippen LogP contribution is -2.27. The van der Waals surface area contributed by atoms with Crippen LogP contribution in [0.5, 0.6) is 0 Å². The number of nitrogens with one attached hydrogen (secondary N) is 2. The van der Waals surface area contributed by atoms with Crippen molar-refractivity contribution in [2.24, 2.45) is 5.73 Å². The number of hydrogen-bond acceptors (Lipinski definition) is 4. The first-order valence-electron chi connectivity index (χ1n) is 10.0. The first-order valence-corrected chi connectivity index (χ1v) is 10.0. The summed E-state index contributed by atoms with van der Waals surface area (Å²) in [5.74, 6) is -0.0925. The number of fused-ring (bicyclic) bond motifs is 8. The van der Waals surface area contributed by atoms with E-state index in [-0.39, 0.29) is 5.78 Å². The standard InChI is InChI=1S/C23H23N5O/c1-13(24)23(29)22-20-8-6-18(27-20)11-16-4-2-14(25-16)10-15-3-5-17(26-15)12-19-7-9-21(22)28-19/h2,4,7,9-13,25,28H,3,5-6,8,24H2,1H3/t13-/m0/s1. The maximum Gasteiger partial charge on any atom is 0.183 e. The van der Waals surface area contributed by atoms with Crippen LogP contribution in [0.1, 0.15) is 40.1 Å². The number of aryl methyl sites for hydroxylation is 4. The number of H-pyrrole nitrogens is 2. The van der Waals surface area contributed by atoms with Crippen molar-refractivity contribution in [3.63, 3.8) is 0 Å². The highest BCUT2D eigenvalue weighted by molar-refractivity contribution is 6.06. The zero-order chi connectivity index (χ0) is 20.0. The van der Waals surface area contributed by atoms with E-state index in [1.165, 1.54) is 0 Å². The molecule has 0 aliphatic carbocycles. The Hall–Kier alpha value is -3.25. The molecular weight excluding hydrogens is 362 g/mol. The van der Waals surface area contributed by atoms with Gasteiger partial charge < -0.3 is 15.7 Å². The number of ketones is 1. The minimum Gasteiger partial charge on any atom is -0.355 e. The van der Waals surface area contributed by atoms with Gasteiger partial charge in [0.25, 0.3) is 0 Å². The van der Waals surface area contributed by atoms with E-state index < -0.39 is 6.04 Å². The minimum absolute atomic E-state index is 0.0925. The normalized spacial score (nSPS) is 14.7. The molecular formula is C23H23N5O. The Labute approximate surface area is 168 Å². The van der Waals surface area contributed by atoms with Crippen LogP contribution in [0.3, 0.4) is 0 Å². The number of aromatic nitrogens is 4. The van der Waals surface area contributed by atoms with Gasteiger partial charge in [0, 0.05) is 33.6 Å². The molecule has 0 fully saturated rings. The maximum absolute atomic E-state index is 12.9. The molecule has 0 amide bonds. The van der Waals surface area contributed by atoms with Gasteiger partial charge in [-0.25, -0.2) is 0 Å². The Bertz CT molecular complexity index is 1270. The predicted octanol–water partition coefficient (Wildman–Crippen LogP) is 3.42. The molecule has 6 nitrogen and oxygen atoms in total. The average molecular weight is 385 g/mol. The first kappa shape index (κ1) is 17.8. The number of rotatable bonds is 2. The van der Waals surface area contributed by atoms with Gasteiger partial charge in [-0.2, -0.15) is 0 Å². The van der Waals surface area contributed by atoms with Crippen molar-refractivity contribution in [1.82, 2.24) is 19.9 Å². The molecule has 0 unspecified atom stereocenters. The van der Waals surface area contributed by atoms with Crippen LogP contribution in [0, 0.1) is 0 Å². The highest BCUT2D eigenvalue weighted by atomic mass is 16.1. The molecule has 5 heterocycles. The summed E-state index contributed by atoms with van der Waals surface area (Å²) in [5.41, 5.74) is 14.1. The van der Waals surface area contributed by atoms with Crippen LogP contribution in [-0.4, -0.2) is 31.8 Å². The van der Waals surface area contributed by atoms with Gasteiger partial charge >= 0.3 is 0 Å². The highest BCUT2D eigenvalue weighted by Crippen LogP contribution is 2.21. The smallest absolute Gasteiger partial charge is 0.183 e. The fourth-order valence-electron chi connectivity index (χ4n) is 4.01. The number of aromatic amines is 2. The lowest BCUT2D eigenvalue weighted by molar-refractivity contribution is 0.0968. The first-order chi connectivity index (χ1) is 14.0. The van der Waals surface area contributed by atoms with Crippen molar-refractivity contribution in [1.29, 1.82) is 0 Å². The molecule has 0 aromatic carbocycles. The van der Waals surface area contributed by atoms with Crippen molar-refractivity contribution in [3.05, 3.63) is 70.8 Å². The molecule has 0 saturated carbocycles. The molecule has 146 valence electrons. The summed E-state index contributed by atoms with van der Waals surface area (Å²) in [7, 11) is 0. The van der Waals surface area contributed by atoms with Crippen LogP contribution in [0.15, 0.2) is 42.5 Å². The second-order valence-electron chi connectivity index (χ2n) is 7.80. The lowest BCUT2D eigenvalue weighted by Gasteiger charge is -2.06. The predicted molar refractivity (Wildman–Crippen MR) is 114 cm³/mol. The van der Waals surface area contributed by atoms with Gasteiger partial charge in [0.2, 0.25) is 0 Å². The average Bonchev–Trinajstić information content (AvgIpc) is 3.46. The molecule has 3 aromatic heterocycles. The van der Waals surface area contributed by atoms with Crippen LogP contribution in [-0.2, 0) is 25.7 Å². The topological polar surface area (TPSA) is 100 Å². The van der Waals surface area contributed by atoms with Crippen molar-refractivity contribution < 1.29 is 4.79 Å². The Morgan fingerprint density at radius 3 is 2.07 bits per heavy atom. The molecule has 6 heteroatoms. The molecule has 5 rings (SSSR count). The Morgan fingerprint density at radius 1 is 0.862 bits per heavy atom. The van der Waals surface area contributed by atoms with Gasteiger partial charge in [0.1, 0.15) is 0 Å². The number of Topliss-reactive ketones (excluding diaryl/α,β-unsaturated/α-hetero) is 1. The summed E-state index contributed by atoms with van der Waals surface area (Å²) in [6, 6.07) is 13.6. The third-order valence-electron chi connectivity index (χ3n) is 5.44. The van der Waals surface area contributed by atoms with Gasteiger partial charge in [-0.3, -0.25) is 14.8 Å². The molecule has 2 aliphatic heterocycles. The van der Waals surface area contributed by atoms with Gasteiger partial charge in [-0.05, 0) is 75.1 Å². The summed E-state index contributed by atoms with van der Waals surface area (Å²) in [5, 5.41) is 0. The van der Waals surface area contributed by atoms with Crippen molar-refractivity contribution in [3.8, 4) is 0 Å².